The number of halogens is 3. The molecule has 0 fully saturated rings. The Morgan fingerprint density at radius 2 is 1.86 bits per heavy atom. The third-order valence-corrected chi connectivity index (χ3v) is 3.07. The first-order chi connectivity index (χ1) is 9.52. The zero-order chi connectivity index (χ0) is 16.3. The van der Waals surface area contributed by atoms with Gasteiger partial charge in [-0.2, -0.15) is 0 Å². The van der Waals surface area contributed by atoms with E-state index in [1.807, 2.05) is 19.6 Å². The molecular formula is C14H15F3O3Si. The monoisotopic (exact) mass is 316 g/mol. The normalized spacial score (nSPS) is 11.4. The van der Waals surface area contributed by atoms with Gasteiger partial charge in [-0.15, -0.1) is 18.7 Å². The van der Waals surface area contributed by atoms with E-state index < -0.39 is 26.2 Å². The predicted molar refractivity (Wildman–Crippen MR) is 74.7 cm³/mol. The first-order valence-corrected chi connectivity index (χ1v) is 9.53. The van der Waals surface area contributed by atoms with Crippen molar-refractivity contribution in [1.82, 2.24) is 0 Å². The zero-order valence-electron chi connectivity index (χ0n) is 12.1. The highest BCUT2D eigenvalue weighted by Gasteiger charge is 2.33. The summed E-state index contributed by atoms with van der Waals surface area (Å²) < 4.78 is 45.2. The summed E-state index contributed by atoms with van der Waals surface area (Å²) in [5.41, 5.74) is 3.19. The van der Waals surface area contributed by atoms with E-state index in [0.717, 1.165) is 13.2 Å². The second-order valence-electron chi connectivity index (χ2n) is 5.25. The van der Waals surface area contributed by atoms with Crippen molar-refractivity contribution in [2.45, 2.75) is 26.0 Å². The Labute approximate surface area is 122 Å². The minimum atomic E-state index is -4.88. The number of hydrogen-bond donors (Lipinski definition) is 0. The zero-order valence-corrected chi connectivity index (χ0v) is 13.1. The van der Waals surface area contributed by atoms with Crippen LogP contribution in [0.15, 0.2) is 18.2 Å². The van der Waals surface area contributed by atoms with E-state index in [2.05, 4.69) is 20.9 Å². The number of ether oxygens (including phenoxy) is 2. The molecule has 0 spiro atoms. The Bertz CT molecular complexity index is 592. The minimum Gasteiger partial charge on any atom is -0.465 e. The lowest BCUT2D eigenvalue weighted by molar-refractivity contribution is -0.274. The molecule has 114 valence electrons. The highest BCUT2D eigenvalue weighted by Crippen LogP contribution is 2.27. The molecule has 0 radical (unpaired) electrons. The second-order valence-corrected chi connectivity index (χ2v) is 10.0. The molecule has 0 atom stereocenters. The minimum absolute atomic E-state index is 0.308. The number of methoxy groups -OCH3 is 1. The van der Waals surface area contributed by atoms with Crippen molar-refractivity contribution >= 4 is 14.0 Å². The Hall–Kier alpha value is -1.94. The Morgan fingerprint density at radius 1 is 1.24 bits per heavy atom. The fraction of sp³-hybridized carbons (Fsp3) is 0.357. The van der Waals surface area contributed by atoms with Crippen LogP contribution in [-0.2, 0) is 4.74 Å². The molecule has 1 aromatic rings. The fourth-order valence-corrected chi connectivity index (χ4v) is 1.87. The first kappa shape index (κ1) is 17.1. The highest BCUT2D eigenvalue weighted by molar-refractivity contribution is 6.83. The molecule has 1 aromatic carbocycles. The number of carbonyl (C=O) groups is 1. The summed E-state index contributed by atoms with van der Waals surface area (Å²) >= 11 is 0. The molecule has 0 unspecified atom stereocenters. The topological polar surface area (TPSA) is 35.5 Å². The van der Waals surface area contributed by atoms with Gasteiger partial charge in [-0.25, -0.2) is 4.79 Å². The number of carbonyl (C=O) groups excluding carboxylic acids is 1. The van der Waals surface area contributed by atoms with Gasteiger partial charge in [0, 0.05) is 5.56 Å². The van der Waals surface area contributed by atoms with Crippen molar-refractivity contribution in [3.05, 3.63) is 29.3 Å². The van der Waals surface area contributed by atoms with E-state index in [0.29, 0.717) is 5.56 Å². The van der Waals surface area contributed by atoms with E-state index in [1.54, 1.807) is 0 Å². The van der Waals surface area contributed by atoms with Crippen LogP contribution in [0.4, 0.5) is 13.2 Å². The number of rotatable bonds is 2. The molecule has 0 aliphatic carbocycles. The van der Waals surface area contributed by atoms with Crippen LogP contribution in [-0.4, -0.2) is 27.5 Å². The molecule has 7 heteroatoms. The summed E-state index contributed by atoms with van der Waals surface area (Å²) in [6.07, 6.45) is -4.88. The lowest BCUT2D eigenvalue weighted by Crippen LogP contribution is -2.19. The number of hydrogen-bond acceptors (Lipinski definition) is 3. The smallest absolute Gasteiger partial charge is 0.465 e. The largest absolute Gasteiger partial charge is 0.573 e. The van der Waals surface area contributed by atoms with Crippen molar-refractivity contribution in [3.8, 4) is 17.2 Å². The van der Waals surface area contributed by atoms with Crippen molar-refractivity contribution in [2.75, 3.05) is 7.11 Å². The Balaban J connectivity index is 3.24. The maximum absolute atomic E-state index is 12.3. The van der Waals surface area contributed by atoms with Crippen LogP contribution in [0.25, 0.3) is 0 Å². The summed E-state index contributed by atoms with van der Waals surface area (Å²) in [6.45, 7) is 6.09. The van der Waals surface area contributed by atoms with E-state index in [9.17, 15) is 18.0 Å². The van der Waals surface area contributed by atoms with Crippen molar-refractivity contribution in [3.63, 3.8) is 0 Å². The molecule has 0 heterocycles. The van der Waals surface area contributed by atoms with Crippen LogP contribution in [0.3, 0.4) is 0 Å². The van der Waals surface area contributed by atoms with E-state index >= 15 is 0 Å². The molecule has 0 amide bonds. The molecule has 0 bridgehead atoms. The van der Waals surface area contributed by atoms with Crippen molar-refractivity contribution in [1.29, 1.82) is 0 Å². The Kier molecular flexibility index (Phi) is 5.07. The van der Waals surface area contributed by atoms with Gasteiger partial charge in [-0.05, 0) is 18.2 Å². The molecule has 0 saturated carbocycles. The number of benzene rings is 1. The molecular weight excluding hydrogens is 301 g/mol. The van der Waals surface area contributed by atoms with Crippen LogP contribution in [0.5, 0.6) is 5.75 Å². The maximum Gasteiger partial charge on any atom is 0.573 e. The lowest BCUT2D eigenvalue weighted by atomic mass is 10.1. The quantitative estimate of drug-likeness (QED) is 0.475. The van der Waals surface area contributed by atoms with E-state index in [1.165, 1.54) is 12.1 Å². The van der Waals surface area contributed by atoms with Gasteiger partial charge in [-0.3, -0.25) is 0 Å². The average Bonchev–Trinajstić information content (AvgIpc) is 2.34. The molecule has 3 nitrogen and oxygen atoms in total. The van der Waals surface area contributed by atoms with E-state index in [-0.39, 0.29) is 5.56 Å². The molecule has 21 heavy (non-hydrogen) atoms. The van der Waals surface area contributed by atoms with Crippen LogP contribution < -0.4 is 4.74 Å². The Morgan fingerprint density at radius 3 is 2.33 bits per heavy atom. The molecule has 0 aliphatic rings. The fourth-order valence-electron chi connectivity index (χ4n) is 1.35. The number of alkyl halides is 3. The number of esters is 1. The first-order valence-electron chi connectivity index (χ1n) is 6.03. The highest BCUT2D eigenvalue weighted by atomic mass is 28.3. The van der Waals surface area contributed by atoms with Crippen LogP contribution in [0.2, 0.25) is 19.6 Å². The second kappa shape index (κ2) is 6.22. The molecule has 1 rings (SSSR count). The summed E-state index contributed by atoms with van der Waals surface area (Å²) in [4.78, 5) is 11.6. The van der Waals surface area contributed by atoms with Crippen molar-refractivity contribution < 1.29 is 27.4 Å². The van der Waals surface area contributed by atoms with Crippen molar-refractivity contribution in [2.24, 2.45) is 0 Å². The third-order valence-electron chi connectivity index (χ3n) is 2.19. The standard InChI is InChI=1S/C14H15F3O3Si/c1-19-13(18)11-9-10(7-8-21(2,3)4)5-6-12(11)20-14(15,16)17/h5-6,9H,1-4H3. The summed E-state index contributed by atoms with van der Waals surface area (Å²) in [7, 11) is -0.550. The van der Waals surface area contributed by atoms with Gasteiger partial charge in [0.25, 0.3) is 0 Å². The molecule has 0 N–H and O–H groups in total. The van der Waals surface area contributed by atoms with Gasteiger partial charge in [-0.1, -0.05) is 25.6 Å². The van der Waals surface area contributed by atoms with Gasteiger partial charge >= 0.3 is 12.3 Å². The van der Waals surface area contributed by atoms with Gasteiger partial charge in [0.15, 0.2) is 0 Å². The molecule has 0 aromatic heterocycles. The van der Waals surface area contributed by atoms with Gasteiger partial charge in [0.2, 0.25) is 0 Å². The lowest BCUT2D eigenvalue weighted by Gasteiger charge is -2.12. The SMILES string of the molecule is COC(=O)c1cc(C#C[Si](C)(C)C)ccc1OC(F)(F)F. The van der Waals surface area contributed by atoms with Gasteiger partial charge in [0.05, 0.1) is 7.11 Å². The summed E-state index contributed by atoms with van der Waals surface area (Å²) in [6, 6.07) is 3.68. The molecule has 0 saturated heterocycles. The van der Waals surface area contributed by atoms with Crippen LogP contribution in [0.1, 0.15) is 15.9 Å². The average molecular weight is 316 g/mol. The summed E-state index contributed by atoms with van der Waals surface area (Å²) in [5.74, 6) is 1.35. The van der Waals surface area contributed by atoms with E-state index in [4.69, 9.17) is 0 Å². The van der Waals surface area contributed by atoms with Crippen LogP contribution >= 0.6 is 0 Å². The third kappa shape index (κ3) is 5.91. The molecule has 0 aliphatic heterocycles. The van der Waals surface area contributed by atoms with Gasteiger partial charge in [0.1, 0.15) is 19.4 Å². The summed E-state index contributed by atoms with van der Waals surface area (Å²) in [5, 5.41) is 0. The van der Waals surface area contributed by atoms with Gasteiger partial charge < -0.3 is 9.47 Å². The maximum atomic E-state index is 12.3. The predicted octanol–water partition coefficient (Wildman–Crippen LogP) is 3.60. The van der Waals surface area contributed by atoms with Crippen LogP contribution in [0, 0.1) is 11.5 Å².